The van der Waals surface area contributed by atoms with Crippen molar-refractivity contribution in [3.8, 4) is 0 Å². The lowest BCUT2D eigenvalue weighted by Crippen LogP contribution is -1.85. The van der Waals surface area contributed by atoms with Crippen molar-refractivity contribution in [2.75, 3.05) is 5.75 Å². The van der Waals surface area contributed by atoms with E-state index in [9.17, 15) is 4.57 Å². The summed E-state index contributed by atoms with van der Waals surface area (Å²) in [6, 6.07) is 1.75. The highest BCUT2D eigenvalue weighted by Crippen LogP contribution is 2.64. The average Bonchev–Trinajstić information content (AvgIpc) is 2.59. The van der Waals surface area contributed by atoms with Crippen molar-refractivity contribution in [3.05, 3.63) is 17.5 Å². The number of aryl methyl sites for hydroxylation is 1. The van der Waals surface area contributed by atoms with Crippen molar-refractivity contribution >= 4 is 29.4 Å². The molecule has 1 rings (SSSR count). The molecule has 7 heteroatoms. The monoisotopic (exact) mass is 267 g/mol. The molecule has 0 spiro atoms. The van der Waals surface area contributed by atoms with Gasteiger partial charge >= 0.3 is 5.77 Å². The van der Waals surface area contributed by atoms with Crippen LogP contribution in [-0.4, -0.2) is 10.9 Å². The molecule has 0 N–H and O–H groups in total. The van der Waals surface area contributed by atoms with Crippen LogP contribution >= 0.6 is 29.4 Å². The Kier molecular flexibility index (Phi) is 5.26. The molecule has 1 aromatic heterocycles. The highest BCUT2D eigenvalue weighted by molar-refractivity contribution is 8.84. The molecule has 0 amide bonds. The first kappa shape index (κ1) is 13.2. The van der Waals surface area contributed by atoms with Crippen molar-refractivity contribution < 1.29 is 13.6 Å². The fourth-order valence-corrected chi connectivity index (χ4v) is 4.18. The first-order valence-corrected chi connectivity index (χ1v) is 8.94. The van der Waals surface area contributed by atoms with Gasteiger partial charge in [-0.15, -0.1) is 0 Å². The van der Waals surface area contributed by atoms with Gasteiger partial charge in [-0.3, -0.25) is 4.57 Å². The van der Waals surface area contributed by atoms with E-state index in [0.29, 0.717) is 5.76 Å². The van der Waals surface area contributed by atoms with E-state index < -0.39 is 5.77 Å². The molecule has 0 fully saturated rings. The predicted molar refractivity (Wildman–Crippen MR) is 65.4 cm³/mol. The van der Waals surface area contributed by atoms with Gasteiger partial charge in [0.05, 0.1) is 5.69 Å². The molecule has 0 bridgehead atoms. The van der Waals surface area contributed by atoms with Gasteiger partial charge in [-0.1, -0.05) is 35.7 Å². The topological polar surface area (TPSA) is 52.3 Å². The van der Waals surface area contributed by atoms with Crippen LogP contribution in [-0.2, 0) is 15.7 Å². The number of thiol groups is 1. The second-order valence-electron chi connectivity index (χ2n) is 3.01. The number of aromatic nitrogens is 1. The van der Waals surface area contributed by atoms with E-state index in [1.807, 2.05) is 13.8 Å². The second kappa shape index (κ2) is 5.99. The summed E-state index contributed by atoms with van der Waals surface area (Å²) in [5, 5.41) is 3.70. The maximum Gasteiger partial charge on any atom is 0.310 e. The molecule has 0 saturated carbocycles. The normalized spacial score (nSPS) is 15.1. The maximum absolute atomic E-state index is 11.7. The maximum atomic E-state index is 11.7. The minimum absolute atomic E-state index is 0.151. The average molecular weight is 267 g/mol. The first-order valence-electron chi connectivity index (χ1n) is 4.57. The Morgan fingerprint density at radius 2 is 2.47 bits per heavy atom. The van der Waals surface area contributed by atoms with E-state index in [1.54, 1.807) is 6.07 Å². The zero-order valence-corrected chi connectivity index (χ0v) is 11.3. The highest BCUT2D eigenvalue weighted by Gasteiger charge is 2.18. The van der Waals surface area contributed by atoms with Gasteiger partial charge in [-0.05, 0) is 13.3 Å². The summed E-state index contributed by atoms with van der Waals surface area (Å²) in [6.45, 7) is 3.98. The third-order valence-corrected chi connectivity index (χ3v) is 6.11. The van der Waals surface area contributed by atoms with Crippen molar-refractivity contribution in [3.63, 3.8) is 0 Å². The van der Waals surface area contributed by atoms with Gasteiger partial charge < -0.3 is 9.05 Å². The lowest BCUT2D eigenvalue weighted by Gasteiger charge is -2.09. The van der Waals surface area contributed by atoms with Gasteiger partial charge in [0.1, 0.15) is 6.61 Å². The van der Waals surface area contributed by atoms with Crippen molar-refractivity contribution in [1.82, 2.24) is 5.16 Å². The standard InChI is InChI=1S/C8H14NO3PS2/c1-3-4-15-13(10,14)11-6-8-5-7(2)9-12-8/h5H,3-4,6H2,1-2H3,(H,10,14). The van der Waals surface area contributed by atoms with E-state index in [2.05, 4.69) is 17.4 Å². The third-order valence-electron chi connectivity index (χ3n) is 1.51. The molecule has 0 saturated heterocycles. The van der Waals surface area contributed by atoms with Crippen LogP contribution < -0.4 is 0 Å². The Bertz CT molecular complexity index is 355. The van der Waals surface area contributed by atoms with Crippen LogP contribution in [0, 0.1) is 6.92 Å². The zero-order valence-electron chi connectivity index (χ0n) is 8.67. The molecule has 86 valence electrons. The highest BCUT2D eigenvalue weighted by atomic mass is 33.1. The van der Waals surface area contributed by atoms with Gasteiger partial charge in [0.2, 0.25) is 0 Å². The summed E-state index contributed by atoms with van der Waals surface area (Å²) in [5.41, 5.74) is 0.781. The van der Waals surface area contributed by atoms with Crippen molar-refractivity contribution in [2.45, 2.75) is 26.9 Å². The summed E-state index contributed by atoms with van der Waals surface area (Å²) >= 11 is 5.23. The molecular formula is C8H14NO3PS2. The van der Waals surface area contributed by atoms with Gasteiger partial charge in [-0.25, -0.2) is 0 Å². The molecule has 0 aliphatic carbocycles. The second-order valence-corrected chi connectivity index (χ2v) is 9.48. The van der Waals surface area contributed by atoms with Crippen LogP contribution in [0.1, 0.15) is 24.8 Å². The predicted octanol–water partition coefficient (Wildman–Crippen LogP) is 3.68. The van der Waals surface area contributed by atoms with E-state index in [0.717, 1.165) is 17.9 Å². The van der Waals surface area contributed by atoms with Crippen LogP contribution in [0.25, 0.3) is 0 Å². The Morgan fingerprint density at radius 1 is 1.73 bits per heavy atom. The van der Waals surface area contributed by atoms with Crippen LogP contribution in [0.2, 0.25) is 0 Å². The lowest BCUT2D eigenvalue weighted by atomic mass is 10.4. The Morgan fingerprint density at radius 3 is 3.00 bits per heavy atom. The Balaban J connectivity index is 2.39. The molecule has 0 aliphatic heterocycles. The van der Waals surface area contributed by atoms with Gasteiger partial charge in [0, 0.05) is 11.8 Å². The largest absolute Gasteiger partial charge is 0.359 e. The van der Waals surface area contributed by atoms with Gasteiger partial charge in [0.15, 0.2) is 5.76 Å². The molecule has 0 aromatic carbocycles. The summed E-state index contributed by atoms with van der Waals surface area (Å²) < 4.78 is 21.8. The quantitative estimate of drug-likeness (QED) is 0.629. The van der Waals surface area contributed by atoms with Gasteiger partial charge in [-0.2, -0.15) is 0 Å². The number of rotatable bonds is 6. The van der Waals surface area contributed by atoms with Crippen molar-refractivity contribution in [1.29, 1.82) is 0 Å². The van der Waals surface area contributed by atoms with Crippen molar-refractivity contribution in [2.24, 2.45) is 0 Å². The van der Waals surface area contributed by atoms with E-state index in [4.69, 9.17) is 9.05 Å². The first-order chi connectivity index (χ1) is 7.03. The molecular weight excluding hydrogens is 253 g/mol. The SMILES string of the molecule is CCCSP(=O)(S)OCc1cc(C)no1. The molecule has 1 aromatic rings. The number of hydrogen-bond acceptors (Lipinski definition) is 5. The summed E-state index contributed by atoms with van der Waals surface area (Å²) in [5.74, 6) is -1.50. The molecule has 15 heavy (non-hydrogen) atoms. The Labute approximate surface area is 98.5 Å². The fourth-order valence-electron chi connectivity index (χ4n) is 0.873. The number of nitrogens with zero attached hydrogens (tertiary/aromatic N) is 1. The molecule has 1 unspecified atom stereocenters. The number of hydrogen-bond donors (Lipinski definition) is 1. The minimum atomic E-state index is -2.84. The molecule has 1 atom stereocenters. The van der Waals surface area contributed by atoms with Crippen LogP contribution in [0.15, 0.2) is 10.6 Å². The summed E-state index contributed by atoms with van der Waals surface area (Å²) in [6.07, 6.45) is 0.944. The van der Waals surface area contributed by atoms with Gasteiger partial charge in [0.25, 0.3) is 0 Å². The van der Waals surface area contributed by atoms with Crippen LogP contribution in [0.4, 0.5) is 0 Å². The summed E-state index contributed by atoms with van der Waals surface area (Å²) in [7, 11) is 0. The molecule has 0 aliphatic rings. The van der Waals surface area contributed by atoms with Crippen LogP contribution in [0.5, 0.6) is 0 Å². The molecule has 1 heterocycles. The minimum Gasteiger partial charge on any atom is -0.359 e. The fraction of sp³-hybridized carbons (Fsp3) is 0.625. The Hall–Kier alpha value is 0.100. The molecule has 4 nitrogen and oxygen atoms in total. The lowest BCUT2D eigenvalue weighted by molar-refractivity contribution is 0.262. The molecule has 0 radical (unpaired) electrons. The van der Waals surface area contributed by atoms with Crippen LogP contribution in [0.3, 0.4) is 0 Å². The summed E-state index contributed by atoms with van der Waals surface area (Å²) in [4.78, 5) is 0. The smallest absolute Gasteiger partial charge is 0.310 e. The van der Waals surface area contributed by atoms with E-state index >= 15 is 0 Å². The third kappa shape index (κ3) is 5.11. The van der Waals surface area contributed by atoms with E-state index in [-0.39, 0.29) is 6.61 Å². The van der Waals surface area contributed by atoms with E-state index in [1.165, 1.54) is 11.4 Å². The zero-order chi connectivity index (χ0) is 11.3.